The average molecular weight is 407 g/mol. The molecule has 0 heterocycles. The Bertz CT molecular complexity index is 648. The summed E-state index contributed by atoms with van der Waals surface area (Å²) in [6, 6.07) is 0. The summed E-state index contributed by atoms with van der Waals surface area (Å²) >= 11 is 0. The zero-order valence-electron chi connectivity index (χ0n) is 18.0. The number of esters is 1. The average Bonchev–Trinajstić information content (AvgIpc) is 2.88. The molecule has 0 radical (unpaired) electrons. The van der Waals surface area contributed by atoms with E-state index in [1.54, 1.807) is 6.08 Å². The van der Waals surface area contributed by atoms with Gasteiger partial charge in [0.15, 0.2) is 8.32 Å². The molecule has 1 saturated carbocycles. The molecular weight excluding hydrogens is 372 g/mol. The van der Waals surface area contributed by atoms with Gasteiger partial charge in [-0.25, -0.2) is 0 Å². The van der Waals surface area contributed by atoms with E-state index in [1.165, 1.54) is 13.2 Å². The number of unbranched alkanes of at least 4 members (excludes halogenated alkanes) is 1. The third kappa shape index (κ3) is 7.03. The van der Waals surface area contributed by atoms with Gasteiger partial charge in [0, 0.05) is 37.5 Å². The highest BCUT2D eigenvalue weighted by Crippen LogP contribution is 2.42. The van der Waals surface area contributed by atoms with E-state index in [4.69, 9.17) is 4.43 Å². The quantitative estimate of drug-likeness (QED) is 0.152. The molecule has 1 rings (SSSR count). The maximum Gasteiger partial charge on any atom is 0.305 e. The zero-order chi connectivity index (χ0) is 21.4. The normalized spacial score (nSPS) is 22.8. The topological polar surface area (TPSA) is 69.7 Å². The molecule has 0 aromatic rings. The van der Waals surface area contributed by atoms with Crippen LogP contribution in [-0.2, 0) is 23.5 Å². The van der Waals surface area contributed by atoms with Crippen LogP contribution in [0.15, 0.2) is 12.2 Å². The first-order chi connectivity index (χ1) is 13.0. The molecule has 5 nitrogen and oxygen atoms in total. The minimum Gasteiger partial charge on any atom is -0.469 e. The van der Waals surface area contributed by atoms with Crippen molar-refractivity contribution in [3.05, 3.63) is 12.2 Å². The Morgan fingerprint density at radius 3 is 2.54 bits per heavy atom. The predicted molar refractivity (Wildman–Crippen MR) is 112 cm³/mol. The van der Waals surface area contributed by atoms with Crippen LogP contribution >= 0.6 is 0 Å². The van der Waals surface area contributed by atoms with E-state index < -0.39 is 8.32 Å². The highest BCUT2D eigenvalue weighted by atomic mass is 28.4. The van der Waals surface area contributed by atoms with Crippen molar-refractivity contribution in [2.24, 2.45) is 11.8 Å². The number of allylic oxidation sites excluding steroid dienone is 1. The van der Waals surface area contributed by atoms with E-state index in [1.807, 2.05) is 0 Å². The van der Waals surface area contributed by atoms with E-state index in [0.717, 1.165) is 6.29 Å². The van der Waals surface area contributed by atoms with Gasteiger partial charge in [0.2, 0.25) is 0 Å². The fraction of sp³-hybridized carbons (Fsp3) is 0.682. The van der Waals surface area contributed by atoms with Crippen molar-refractivity contribution in [2.75, 3.05) is 7.11 Å². The zero-order valence-corrected chi connectivity index (χ0v) is 19.0. The van der Waals surface area contributed by atoms with Gasteiger partial charge in [0.25, 0.3) is 0 Å². The summed E-state index contributed by atoms with van der Waals surface area (Å²) in [5, 5.41) is 0.0481. The second-order valence-corrected chi connectivity index (χ2v) is 13.5. The van der Waals surface area contributed by atoms with Gasteiger partial charge in [0.05, 0.1) is 13.2 Å². The number of ketones is 1. The summed E-state index contributed by atoms with van der Waals surface area (Å²) in [6.45, 7) is 10.9. The Labute approximate surface area is 170 Å². The Morgan fingerprint density at radius 2 is 1.96 bits per heavy atom. The summed E-state index contributed by atoms with van der Waals surface area (Å²) in [7, 11) is -0.658. The molecule has 0 N–H and O–H groups in total. The summed E-state index contributed by atoms with van der Waals surface area (Å²) < 4.78 is 11.1. The van der Waals surface area contributed by atoms with Crippen LogP contribution in [-0.4, -0.2) is 39.6 Å². The molecule has 0 aliphatic heterocycles. The molecule has 0 spiro atoms. The molecule has 1 aliphatic rings. The molecular formula is C22H34O5Si. The number of Topliss-reactive ketones (excluding diaryl/α,β-unsaturated/α-hetero) is 1. The lowest BCUT2D eigenvalue weighted by Crippen LogP contribution is -2.45. The van der Waals surface area contributed by atoms with Crippen molar-refractivity contribution < 1.29 is 23.5 Å². The number of carbonyl (C=O) groups is 3. The van der Waals surface area contributed by atoms with Gasteiger partial charge < -0.3 is 9.16 Å². The van der Waals surface area contributed by atoms with E-state index in [0.29, 0.717) is 32.1 Å². The third-order valence-electron chi connectivity index (χ3n) is 5.73. The number of carbonyl (C=O) groups excluding carboxylic acids is 3. The van der Waals surface area contributed by atoms with Crippen LogP contribution in [0.2, 0.25) is 18.1 Å². The van der Waals surface area contributed by atoms with Crippen LogP contribution in [0.25, 0.3) is 0 Å². The van der Waals surface area contributed by atoms with Gasteiger partial charge in [-0.2, -0.15) is 0 Å². The first-order valence-electron chi connectivity index (χ1n) is 9.88. The van der Waals surface area contributed by atoms with Gasteiger partial charge >= 0.3 is 5.97 Å². The van der Waals surface area contributed by atoms with Crippen molar-refractivity contribution in [1.82, 2.24) is 0 Å². The fourth-order valence-corrected chi connectivity index (χ4v) is 4.36. The predicted octanol–water partition coefficient (Wildman–Crippen LogP) is 4.07. The minimum atomic E-state index is -2.03. The lowest BCUT2D eigenvalue weighted by atomic mass is 9.91. The minimum absolute atomic E-state index is 0.0481. The largest absolute Gasteiger partial charge is 0.469 e. The van der Waals surface area contributed by atoms with Gasteiger partial charge in [-0.15, -0.1) is 11.8 Å². The van der Waals surface area contributed by atoms with Gasteiger partial charge in [0.1, 0.15) is 12.1 Å². The molecule has 0 bridgehead atoms. The number of hydrogen-bond donors (Lipinski definition) is 0. The smallest absolute Gasteiger partial charge is 0.305 e. The van der Waals surface area contributed by atoms with Crippen molar-refractivity contribution >= 4 is 26.4 Å². The number of methoxy groups -OCH3 is 1. The van der Waals surface area contributed by atoms with Crippen LogP contribution in [0, 0.1) is 23.7 Å². The maximum atomic E-state index is 12.6. The van der Waals surface area contributed by atoms with E-state index in [-0.39, 0.29) is 34.7 Å². The van der Waals surface area contributed by atoms with Crippen LogP contribution in [0.3, 0.4) is 0 Å². The molecule has 28 heavy (non-hydrogen) atoms. The van der Waals surface area contributed by atoms with E-state index in [9.17, 15) is 14.4 Å². The first kappa shape index (κ1) is 24.3. The molecule has 0 saturated heterocycles. The molecule has 0 amide bonds. The monoisotopic (exact) mass is 406 g/mol. The number of rotatable bonds is 8. The van der Waals surface area contributed by atoms with E-state index in [2.05, 4.69) is 50.4 Å². The summed E-state index contributed by atoms with van der Waals surface area (Å²) in [6.07, 6.45) is 6.20. The Kier molecular flexibility index (Phi) is 9.32. The fourth-order valence-electron chi connectivity index (χ4n) is 3.01. The number of aldehydes is 1. The first-order valence-corrected chi connectivity index (χ1v) is 12.8. The molecule has 1 fully saturated rings. The van der Waals surface area contributed by atoms with E-state index >= 15 is 0 Å². The lowest BCUT2D eigenvalue weighted by Gasteiger charge is -2.39. The van der Waals surface area contributed by atoms with Crippen molar-refractivity contribution in [2.45, 2.75) is 77.1 Å². The molecule has 6 heteroatoms. The Balaban J connectivity index is 2.80. The summed E-state index contributed by atoms with van der Waals surface area (Å²) in [5.41, 5.74) is 0. The Morgan fingerprint density at radius 1 is 1.29 bits per heavy atom. The molecule has 156 valence electrons. The van der Waals surface area contributed by atoms with Crippen molar-refractivity contribution in [3.63, 3.8) is 0 Å². The highest BCUT2D eigenvalue weighted by molar-refractivity contribution is 6.74. The molecule has 0 unspecified atom stereocenters. The standard InChI is InChI=1S/C22H34O5Si/c1-22(2,3)28(5,6)27-20-16-19(24)17(18(20)13-11-15-23)12-9-7-8-10-14-21(25)26-4/h11,13,15,17-18,20H,8,10,12,14,16H2,1-6H3/t17-,18-,20-/m1/s1. The summed E-state index contributed by atoms with van der Waals surface area (Å²) in [4.78, 5) is 34.6. The van der Waals surface area contributed by atoms with Gasteiger partial charge in [-0.1, -0.05) is 26.8 Å². The number of hydrogen-bond acceptors (Lipinski definition) is 5. The van der Waals surface area contributed by atoms with Crippen LogP contribution < -0.4 is 0 Å². The number of ether oxygens (including phenoxy) is 1. The second-order valence-electron chi connectivity index (χ2n) is 8.78. The highest BCUT2D eigenvalue weighted by Gasteiger charge is 2.46. The van der Waals surface area contributed by atoms with Crippen LogP contribution in [0.1, 0.15) is 52.9 Å². The Hall–Kier alpha value is -1.71. The van der Waals surface area contributed by atoms with Gasteiger partial charge in [-0.05, 0) is 30.6 Å². The second kappa shape index (κ2) is 10.7. The molecule has 3 atom stereocenters. The maximum absolute atomic E-state index is 12.6. The molecule has 0 aromatic heterocycles. The third-order valence-corrected chi connectivity index (χ3v) is 10.2. The SMILES string of the molecule is COC(=O)CCCC#CC[C@H]1C(=O)C[C@@H](O[Si](C)(C)C(C)(C)C)[C@@H]1C=CC=O. The van der Waals surface area contributed by atoms with Gasteiger partial charge in [-0.3, -0.25) is 14.4 Å². The van der Waals surface area contributed by atoms with Crippen LogP contribution in [0.5, 0.6) is 0 Å². The lowest BCUT2D eigenvalue weighted by molar-refractivity contribution is -0.140. The summed E-state index contributed by atoms with van der Waals surface area (Å²) in [5.74, 6) is 5.65. The van der Waals surface area contributed by atoms with Crippen molar-refractivity contribution in [1.29, 1.82) is 0 Å². The van der Waals surface area contributed by atoms with Crippen LogP contribution in [0.4, 0.5) is 0 Å². The molecule has 1 aliphatic carbocycles. The van der Waals surface area contributed by atoms with Crippen molar-refractivity contribution in [3.8, 4) is 11.8 Å². The molecule has 0 aromatic carbocycles.